The van der Waals surface area contributed by atoms with Crippen molar-refractivity contribution in [3.63, 3.8) is 0 Å². The van der Waals surface area contributed by atoms with E-state index in [1.807, 2.05) is 0 Å². The molecule has 0 radical (unpaired) electrons. The minimum atomic E-state index is -5.08. The summed E-state index contributed by atoms with van der Waals surface area (Å²) in [7, 11) is 0. The average Bonchev–Trinajstić information content (AvgIpc) is 3.55. The Morgan fingerprint density at radius 2 is 1.65 bits per heavy atom. The molecule has 1 heterocycles. The van der Waals surface area contributed by atoms with Gasteiger partial charge in [-0.2, -0.15) is 22.0 Å². The second-order valence-corrected chi connectivity index (χ2v) is 7.45. The number of halogens is 8. The largest absolute Gasteiger partial charge is 0.484 e. The SMILES string of the molecule is C[C@](O)(COc1c(F)c(F)c(F)c(F)c1F)C(=O)C1CN1c1ccc([N+](=O)[O-])c(C(F)(F)F)c1. The molecule has 0 amide bonds. The highest BCUT2D eigenvalue weighted by Gasteiger charge is 2.49. The molecule has 2 aromatic rings. The Labute approximate surface area is 184 Å². The molecule has 2 atom stereocenters. The van der Waals surface area contributed by atoms with Gasteiger partial charge in [-0.05, 0) is 19.1 Å². The summed E-state index contributed by atoms with van der Waals surface area (Å²) in [5, 5.41) is 21.2. The molecule has 0 aliphatic carbocycles. The molecule has 184 valence electrons. The van der Waals surface area contributed by atoms with Gasteiger partial charge in [0.1, 0.15) is 18.2 Å². The highest BCUT2D eigenvalue weighted by Crippen LogP contribution is 2.41. The van der Waals surface area contributed by atoms with E-state index in [9.17, 15) is 55.1 Å². The zero-order chi connectivity index (χ0) is 25.7. The van der Waals surface area contributed by atoms with Gasteiger partial charge < -0.3 is 14.7 Å². The standard InChI is InChI=1S/C19H12F8N2O5/c1-18(31,6-34-16-14(23)12(21)11(20)13(22)15(16)24)17(30)10-5-28(10)7-2-3-9(29(32)33)8(4-7)19(25,26)27/h2-4,10,31H,5-6H2,1H3/t10?,18-,28?/m0/s1. The first-order chi connectivity index (χ1) is 15.6. The predicted octanol–water partition coefficient (Wildman–Crippen LogP) is 3.90. The molecule has 1 saturated heterocycles. The van der Waals surface area contributed by atoms with Crippen LogP contribution in [0, 0.1) is 39.2 Å². The van der Waals surface area contributed by atoms with Gasteiger partial charge >= 0.3 is 6.18 Å². The van der Waals surface area contributed by atoms with Gasteiger partial charge in [0.05, 0.1) is 4.92 Å². The van der Waals surface area contributed by atoms with E-state index in [0.29, 0.717) is 12.1 Å². The van der Waals surface area contributed by atoms with E-state index >= 15 is 0 Å². The van der Waals surface area contributed by atoms with Gasteiger partial charge in [0.15, 0.2) is 17.1 Å². The Morgan fingerprint density at radius 3 is 2.15 bits per heavy atom. The third kappa shape index (κ3) is 4.47. The van der Waals surface area contributed by atoms with E-state index < -0.39 is 81.2 Å². The van der Waals surface area contributed by atoms with Crippen LogP contribution in [-0.4, -0.2) is 40.6 Å². The number of nitro groups is 1. The quantitative estimate of drug-likeness (QED) is 0.155. The highest BCUT2D eigenvalue weighted by atomic mass is 19.4. The lowest BCUT2D eigenvalue weighted by Crippen LogP contribution is -2.45. The number of carbonyl (C=O) groups excluding carboxylic acids is 1. The molecule has 0 aromatic heterocycles. The number of hydrogen-bond donors (Lipinski definition) is 1. The smallest absolute Gasteiger partial charge is 0.423 e. The molecule has 0 bridgehead atoms. The van der Waals surface area contributed by atoms with Gasteiger partial charge in [0, 0.05) is 18.3 Å². The van der Waals surface area contributed by atoms with E-state index in [1.54, 1.807) is 0 Å². The van der Waals surface area contributed by atoms with Crippen LogP contribution in [0.25, 0.3) is 0 Å². The number of nitro benzene ring substituents is 1. The van der Waals surface area contributed by atoms with Gasteiger partial charge in [-0.25, -0.2) is 13.2 Å². The monoisotopic (exact) mass is 500 g/mol. The molecule has 1 aliphatic rings. The number of alkyl halides is 3. The van der Waals surface area contributed by atoms with Crippen LogP contribution in [-0.2, 0) is 11.0 Å². The molecular formula is C19H12F8N2O5. The van der Waals surface area contributed by atoms with Gasteiger partial charge in [-0.15, -0.1) is 0 Å². The number of nitrogens with zero attached hydrogens (tertiary/aromatic N) is 2. The third-order valence-electron chi connectivity index (χ3n) is 4.93. The molecule has 1 fully saturated rings. The Morgan fingerprint density at radius 1 is 1.12 bits per heavy atom. The van der Waals surface area contributed by atoms with E-state index in [2.05, 4.69) is 4.74 Å². The van der Waals surface area contributed by atoms with Crippen LogP contribution in [0.5, 0.6) is 5.75 Å². The zero-order valence-corrected chi connectivity index (χ0v) is 16.7. The first kappa shape index (κ1) is 25.1. The number of Topliss-reactive ketones (excluding diaryl/α,β-unsaturated/α-hetero) is 1. The van der Waals surface area contributed by atoms with Crippen LogP contribution in [0.15, 0.2) is 18.2 Å². The van der Waals surface area contributed by atoms with Crippen molar-refractivity contribution in [2.45, 2.75) is 24.7 Å². The minimum absolute atomic E-state index is 0.230. The predicted molar refractivity (Wildman–Crippen MR) is 96.6 cm³/mol. The highest BCUT2D eigenvalue weighted by molar-refractivity contribution is 5.98. The molecule has 1 unspecified atom stereocenters. The van der Waals surface area contributed by atoms with Gasteiger partial charge in [-0.1, -0.05) is 0 Å². The number of anilines is 1. The molecule has 2 aromatic carbocycles. The van der Waals surface area contributed by atoms with Crippen LogP contribution in [0.3, 0.4) is 0 Å². The summed E-state index contributed by atoms with van der Waals surface area (Å²) in [4.78, 5) is 23.2. The molecule has 15 heteroatoms. The van der Waals surface area contributed by atoms with Crippen molar-refractivity contribution in [1.82, 2.24) is 0 Å². The Hall–Kier alpha value is -3.49. The van der Waals surface area contributed by atoms with Crippen molar-refractivity contribution < 1.29 is 54.7 Å². The lowest BCUT2D eigenvalue weighted by molar-refractivity contribution is -0.388. The van der Waals surface area contributed by atoms with Crippen LogP contribution < -0.4 is 9.64 Å². The van der Waals surface area contributed by atoms with Crippen molar-refractivity contribution in [2.24, 2.45) is 0 Å². The van der Waals surface area contributed by atoms with E-state index in [4.69, 9.17) is 0 Å². The first-order valence-corrected chi connectivity index (χ1v) is 9.11. The summed E-state index contributed by atoms with van der Waals surface area (Å²) in [6.07, 6.45) is -5.08. The van der Waals surface area contributed by atoms with Crippen LogP contribution in [0.2, 0.25) is 0 Å². The maximum atomic E-state index is 13.7. The number of benzene rings is 2. The van der Waals surface area contributed by atoms with E-state index in [0.717, 1.165) is 17.9 Å². The summed E-state index contributed by atoms with van der Waals surface area (Å²) in [5.74, 6) is -14.6. The van der Waals surface area contributed by atoms with Crippen LogP contribution in [0.1, 0.15) is 12.5 Å². The molecule has 3 rings (SSSR count). The summed E-state index contributed by atoms with van der Waals surface area (Å²) >= 11 is 0. The lowest BCUT2D eigenvalue weighted by atomic mass is 9.99. The minimum Gasteiger partial charge on any atom is -0.484 e. The van der Waals surface area contributed by atoms with Crippen LogP contribution in [0.4, 0.5) is 46.5 Å². The van der Waals surface area contributed by atoms with Crippen molar-refractivity contribution in [2.75, 3.05) is 18.1 Å². The first-order valence-electron chi connectivity index (χ1n) is 9.11. The van der Waals surface area contributed by atoms with Crippen molar-refractivity contribution >= 4 is 17.2 Å². The average molecular weight is 500 g/mol. The molecule has 1 aliphatic heterocycles. The fourth-order valence-electron chi connectivity index (χ4n) is 3.09. The Balaban J connectivity index is 1.78. The number of rotatable bonds is 7. The number of ketones is 1. The third-order valence-corrected chi connectivity index (χ3v) is 4.93. The summed E-state index contributed by atoms with van der Waals surface area (Å²) in [6.45, 7) is -0.690. The number of hydrogen-bond acceptors (Lipinski definition) is 6. The summed E-state index contributed by atoms with van der Waals surface area (Å²) in [5.41, 5.74) is -5.60. The number of ether oxygens (including phenoxy) is 1. The van der Waals surface area contributed by atoms with Gasteiger partial charge in [0.2, 0.25) is 29.1 Å². The number of carbonyl (C=O) groups is 1. The molecule has 0 saturated carbocycles. The van der Waals surface area contributed by atoms with Crippen molar-refractivity contribution in [3.8, 4) is 5.75 Å². The Bertz CT molecular complexity index is 1160. The lowest BCUT2D eigenvalue weighted by Gasteiger charge is -2.23. The zero-order valence-electron chi connectivity index (χ0n) is 16.7. The molecule has 1 N–H and O–H groups in total. The summed E-state index contributed by atoms with van der Waals surface area (Å²) in [6, 6.07) is 0.715. The van der Waals surface area contributed by atoms with E-state index in [1.165, 1.54) is 0 Å². The molecule has 0 spiro atoms. The second kappa shape index (κ2) is 8.38. The Kier molecular flexibility index (Phi) is 6.19. The molecule has 7 nitrogen and oxygen atoms in total. The molecular weight excluding hydrogens is 488 g/mol. The van der Waals surface area contributed by atoms with E-state index in [-0.39, 0.29) is 12.2 Å². The number of aliphatic hydroxyl groups is 1. The van der Waals surface area contributed by atoms with Crippen molar-refractivity contribution in [3.05, 3.63) is 63.0 Å². The van der Waals surface area contributed by atoms with Gasteiger partial charge in [-0.3, -0.25) is 14.9 Å². The fraction of sp³-hybridized carbons (Fsp3) is 0.316. The fourth-order valence-corrected chi connectivity index (χ4v) is 3.09. The maximum Gasteiger partial charge on any atom is 0.423 e. The van der Waals surface area contributed by atoms with Gasteiger partial charge in [0.25, 0.3) is 5.69 Å². The topological polar surface area (TPSA) is 92.7 Å². The van der Waals surface area contributed by atoms with Crippen molar-refractivity contribution in [1.29, 1.82) is 0 Å². The maximum absolute atomic E-state index is 13.7. The second-order valence-electron chi connectivity index (χ2n) is 7.45. The summed E-state index contributed by atoms with van der Waals surface area (Å²) < 4.78 is 111. The molecule has 34 heavy (non-hydrogen) atoms. The normalized spacial score (nSPS) is 17.4. The van der Waals surface area contributed by atoms with Crippen LogP contribution >= 0.6 is 0 Å².